The molecule has 8 nitrogen and oxygen atoms in total. The molecule has 32 heavy (non-hydrogen) atoms. The van der Waals surface area contributed by atoms with Crippen LogP contribution in [0, 0.1) is 10.1 Å². The Morgan fingerprint density at radius 1 is 1.12 bits per heavy atom. The van der Waals surface area contributed by atoms with Crippen LogP contribution < -0.4 is 5.32 Å². The molecule has 1 aliphatic heterocycles. The quantitative estimate of drug-likeness (QED) is 0.318. The molecule has 0 unspecified atom stereocenters. The number of non-ortho nitro benzene ring substituents is 1. The van der Waals surface area contributed by atoms with Crippen molar-refractivity contribution >= 4 is 68.6 Å². The number of anilines is 1. The summed E-state index contributed by atoms with van der Waals surface area (Å²) in [5, 5.41) is 15.1. The fraction of sp³-hybridized carbons (Fsp3) is 0.0455. The van der Waals surface area contributed by atoms with E-state index in [4.69, 9.17) is 11.6 Å². The Hall–Kier alpha value is -3.69. The van der Waals surface area contributed by atoms with Crippen LogP contribution in [0.1, 0.15) is 5.56 Å². The number of carbonyl (C=O) groups is 3. The smallest absolute Gasteiger partial charge is 0.294 e. The van der Waals surface area contributed by atoms with Gasteiger partial charge in [0.1, 0.15) is 6.54 Å². The largest absolute Gasteiger partial charge is 0.324 e. The molecule has 0 aliphatic carbocycles. The highest BCUT2D eigenvalue weighted by atomic mass is 35.5. The topological polar surface area (TPSA) is 110 Å². The molecule has 160 valence electrons. The number of thioether (sulfide) groups is 1. The number of hydrogen-bond acceptors (Lipinski definition) is 6. The lowest BCUT2D eigenvalue weighted by atomic mass is 10.1. The number of nitro benzene ring substituents is 1. The molecule has 0 aromatic heterocycles. The Morgan fingerprint density at radius 2 is 1.88 bits per heavy atom. The maximum atomic E-state index is 12.7. The van der Waals surface area contributed by atoms with E-state index in [1.54, 1.807) is 12.1 Å². The van der Waals surface area contributed by atoms with Crippen LogP contribution in [-0.4, -0.2) is 33.4 Å². The second kappa shape index (κ2) is 8.81. The number of imide groups is 1. The number of rotatable bonds is 5. The molecule has 3 amide bonds. The van der Waals surface area contributed by atoms with Gasteiger partial charge in [0.05, 0.1) is 9.83 Å². The minimum absolute atomic E-state index is 0.0235. The van der Waals surface area contributed by atoms with E-state index in [2.05, 4.69) is 5.32 Å². The number of carbonyl (C=O) groups excluding carboxylic acids is 3. The van der Waals surface area contributed by atoms with Gasteiger partial charge in [-0.2, -0.15) is 0 Å². The van der Waals surface area contributed by atoms with Crippen LogP contribution in [0.25, 0.3) is 16.8 Å². The van der Waals surface area contributed by atoms with Gasteiger partial charge in [-0.1, -0.05) is 48.0 Å². The van der Waals surface area contributed by atoms with Crippen molar-refractivity contribution in [3.63, 3.8) is 0 Å². The molecule has 10 heteroatoms. The van der Waals surface area contributed by atoms with Gasteiger partial charge in [0.2, 0.25) is 5.91 Å². The van der Waals surface area contributed by atoms with E-state index in [-0.39, 0.29) is 21.2 Å². The van der Waals surface area contributed by atoms with Crippen molar-refractivity contribution in [3.05, 3.63) is 86.3 Å². The molecule has 0 bridgehead atoms. The summed E-state index contributed by atoms with van der Waals surface area (Å²) in [6.07, 6.45) is 1.31. The van der Waals surface area contributed by atoms with Crippen LogP contribution in [0.4, 0.5) is 16.2 Å². The summed E-state index contributed by atoms with van der Waals surface area (Å²) in [6.45, 7) is -0.464. The van der Waals surface area contributed by atoms with Gasteiger partial charge in [0.15, 0.2) is 0 Å². The Bertz CT molecular complexity index is 1320. The molecular weight excluding hydrogens is 454 g/mol. The summed E-state index contributed by atoms with van der Waals surface area (Å²) in [4.78, 5) is 48.9. The predicted octanol–water partition coefficient (Wildman–Crippen LogP) is 5.08. The third-order valence-electron chi connectivity index (χ3n) is 4.72. The molecule has 3 aromatic rings. The first-order chi connectivity index (χ1) is 15.3. The van der Waals surface area contributed by atoms with Crippen molar-refractivity contribution < 1.29 is 19.3 Å². The molecule has 1 heterocycles. The van der Waals surface area contributed by atoms with Crippen LogP contribution >= 0.6 is 23.4 Å². The highest BCUT2D eigenvalue weighted by Crippen LogP contribution is 2.34. The normalized spacial score (nSPS) is 14.9. The number of halogens is 1. The molecular formula is C22H14ClN3O5S. The van der Waals surface area contributed by atoms with Crippen LogP contribution in [0.5, 0.6) is 0 Å². The average molecular weight is 468 g/mol. The lowest BCUT2D eigenvalue weighted by Gasteiger charge is -2.13. The molecule has 0 atom stereocenters. The molecule has 0 radical (unpaired) electrons. The van der Waals surface area contributed by atoms with Crippen LogP contribution in [0.15, 0.2) is 65.6 Å². The third-order valence-corrected chi connectivity index (χ3v) is 5.97. The van der Waals surface area contributed by atoms with Gasteiger partial charge >= 0.3 is 0 Å². The Kier molecular flexibility index (Phi) is 5.93. The average Bonchev–Trinajstić information content (AvgIpc) is 3.02. The fourth-order valence-corrected chi connectivity index (χ4v) is 4.20. The van der Waals surface area contributed by atoms with E-state index in [9.17, 15) is 24.5 Å². The monoisotopic (exact) mass is 467 g/mol. The van der Waals surface area contributed by atoms with E-state index < -0.39 is 28.5 Å². The first-order valence-electron chi connectivity index (χ1n) is 9.30. The van der Waals surface area contributed by atoms with Gasteiger partial charge in [0, 0.05) is 33.8 Å². The van der Waals surface area contributed by atoms with Crippen molar-refractivity contribution in [3.8, 4) is 0 Å². The molecule has 0 saturated carbocycles. The second-order valence-corrected chi connectivity index (χ2v) is 8.21. The van der Waals surface area contributed by atoms with Gasteiger partial charge in [-0.15, -0.1) is 0 Å². The Labute approximate surface area is 191 Å². The predicted molar refractivity (Wildman–Crippen MR) is 123 cm³/mol. The second-order valence-electron chi connectivity index (χ2n) is 6.81. The zero-order valence-electron chi connectivity index (χ0n) is 16.3. The highest BCUT2D eigenvalue weighted by molar-refractivity contribution is 8.18. The number of nitro groups is 1. The van der Waals surface area contributed by atoms with Gasteiger partial charge in [-0.25, -0.2) is 0 Å². The van der Waals surface area contributed by atoms with Gasteiger partial charge in [-0.05, 0) is 35.4 Å². The number of amides is 3. The number of benzene rings is 3. The van der Waals surface area contributed by atoms with Crippen molar-refractivity contribution in [1.82, 2.24) is 4.90 Å². The summed E-state index contributed by atoms with van der Waals surface area (Å²) >= 11 is 6.71. The maximum absolute atomic E-state index is 12.7. The van der Waals surface area contributed by atoms with E-state index in [0.29, 0.717) is 17.4 Å². The minimum Gasteiger partial charge on any atom is -0.324 e. The standard InChI is InChI=1S/C22H14ClN3O5S/c23-17-9-8-15(26(30)31)10-14(17)11-19-21(28)25(22(29)32-19)12-20(27)24-18-7-3-5-13-4-1-2-6-16(13)18/h1-11H,12H2,(H,24,27)/b19-11-. The van der Waals surface area contributed by atoms with Gasteiger partial charge in [0.25, 0.3) is 16.8 Å². The first-order valence-corrected chi connectivity index (χ1v) is 10.5. The number of nitrogens with zero attached hydrogens (tertiary/aromatic N) is 2. The fourth-order valence-electron chi connectivity index (χ4n) is 3.20. The minimum atomic E-state index is -0.671. The van der Waals surface area contributed by atoms with Crippen molar-refractivity contribution in [2.24, 2.45) is 0 Å². The third kappa shape index (κ3) is 4.34. The summed E-state index contributed by atoms with van der Waals surface area (Å²) < 4.78 is 0. The summed E-state index contributed by atoms with van der Waals surface area (Å²) in [7, 11) is 0. The summed E-state index contributed by atoms with van der Waals surface area (Å²) in [6, 6.07) is 16.7. The van der Waals surface area contributed by atoms with E-state index in [1.807, 2.05) is 30.3 Å². The van der Waals surface area contributed by atoms with E-state index >= 15 is 0 Å². The Balaban J connectivity index is 1.52. The zero-order chi connectivity index (χ0) is 22.8. The summed E-state index contributed by atoms with van der Waals surface area (Å²) in [5.41, 5.74) is 0.597. The zero-order valence-corrected chi connectivity index (χ0v) is 17.9. The number of hydrogen-bond donors (Lipinski definition) is 1. The maximum Gasteiger partial charge on any atom is 0.294 e. The molecule has 4 rings (SSSR count). The summed E-state index contributed by atoms with van der Waals surface area (Å²) in [5.74, 6) is -1.20. The molecule has 1 N–H and O–H groups in total. The first kappa shape index (κ1) is 21.5. The van der Waals surface area contributed by atoms with E-state index in [1.165, 1.54) is 24.3 Å². The van der Waals surface area contributed by atoms with Crippen LogP contribution in [0.2, 0.25) is 5.02 Å². The van der Waals surface area contributed by atoms with Crippen molar-refractivity contribution in [2.45, 2.75) is 0 Å². The SMILES string of the molecule is O=C(CN1C(=O)S/C(=C\c2cc([N+](=O)[O-])ccc2Cl)C1=O)Nc1cccc2ccccc12. The lowest BCUT2D eigenvalue weighted by Crippen LogP contribution is -2.36. The van der Waals surface area contributed by atoms with Gasteiger partial charge < -0.3 is 5.32 Å². The Morgan fingerprint density at radius 3 is 2.66 bits per heavy atom. The van der Waals surface area contributed by atoms with Crippen molar-refractivity contribution in [2.75, 3.05) is 11.9 Å². The number of nitrogens with one attached hydrogen (secondary N) is 1. The number of fused-ring (bicyclic) bond motifs is 1. The molecule has 1 aliphatic rings. The van der Waals surface area contributed by atoms with E-state index in [0.717, 1.165) is 15.7 Å². The van der Waals surface area contributed by atoms with Crippen LogP contribution in [-0.2, 0) is 9.59 Å². The highest BCUT2D eigenvalue weighted by Gasteiger charge is 2.36. The molecule has 1 saturated heterocycles. The lowest BCUT2D eigenvalue weighted by molar-refractivity contribution is -0.384. The van der Waals surface area contributed by atoms with Gasteiger partial charge in [-0.3, -0.25) is 29.4 Å². The van der Waals surface area contributed by atoms with Crippen molar-refractivity contribution in [1.29, 1.82) is 0 Å². The van der Waals surface area contributed by atoms with Crippen LogP contribution in [0.3, 0.4) is 0 Å². The molecule has 3 aromatic carbocycles. The molecule has 0 spiro atoms. The molecule has 1 fully saturated rings.